The van der Waals surface area contributed by atoms with Gasteiger partial charge in [0.05, 0.1) is 35.6 Å². The molecule has 3 atom stereocenters. The molecular formula is C27H27ClN2O5S2. The molecule has 0 spiro atoms. The maximum atomic E-state index is 13.5. The Morgan fingerprint density at radius 3 is 2.65 bits per heavy atom. The third-order valence-electron chi connectivity index (χ3n) is 6.36. The Balaban J connectivity index is 1.37. The van der Waals surface area contributed by atoms with Gasteiger partial charge in [0.2, 0.25) is 0 Å². The van der Waals surface area contributed by atoms with Gasteiger partial charge in [0.1, 0.15) is 4.34 Å². The van der Waals surface area contributed by atoms with Gasteiger partial charge in [-0.25, -0.2) is 4.98 Å². The number of benzene rings is 2. The van der Waals surface area contributed by atoms with Gasteiger partial charge in [0.15, 0.2) is 11.2 Å². The van der Waals surface area contributed by atoms with Crippen LogP contribution in [-0.2, 0) is 42.7 Å². The third-order valence-corrected chi connectivity index (χ3v) is 9.42. The van der Waals surface area contributed by atoms with Gasteiger partial charge in [-0.15, -0.1) is 0 Å². The highest BCUT2D eigenvalue weighted by Gasteiger charge is 2.32. The summed E-state index contributed by atoms with van der Waals surface area (Å²) in [6, 6.07) is 15.3. The number of amides is 1. The van der Waals surface area contributed by atoms with Crippen LogP contribution in [0.15, 0.2) is 53.4 Å². The minimum Gasteiger partial charge on any atom is -0.466 e. The lowest BCUT2D eigenvalue weighted by atomic mass is 10.1. The van der Waals surface area contributed by atoms with Gasteiger partial charge in [0.25, 0.3) is 5.91 Å². The molecule has 3 unspecified atom stereocenters. The average molecular weight is 559 g/mol. The smallest absolute Gasteiger partial charge is 0.311 e. The number of aryl methyl sites for hydroxylation is 1. The fourth-order valence-electron chi connectivity index (χ4n) is 4.38. The summed E-state index contributed by atoms with van der Waals surface area (Å²) in [4.78, 5) is 30.5. The molecule has 0 radical (unpaired) electrons. The van der Waals surface area contributed by atoms with Gasteiger partial charge in [0, 0.05) is 10.1 Å². The van der Waals surface area contributed by atoms with E-state index in [1.165, 1.54) is 5.56 Å². The quantitative estimate of drug-likeness (QED) is 0.328. The molecule has 0 saturated heterocycles. The molecule has 1 heterocycles. The van der Waals surface area contributed by atoms with Crippen LogP contribution in [0.4, 0.5) is 5.13 Å². The Morgan fingerprint density at radius 2 is 1.92 bits per heavy atom. The normalized spacial score (nSPS) is 18.2. The minimum atomic E-state index is -1.03. The molecule has 1 saturated carbocycles. The van der Waals surface area contributed by atoms with Crippen LogP contribution < -0.4 is 5.32 Å². The summed E-state index contributed by atoms with van der Waals surface area (Å²) in [6.45, 7) is 1.99. The van der Waals surface area contributed by atoms with E-state index in [1.807, 2.05) is 42.5 Å². The van der Waals surface area contributed by atoms with Crippen molar-refractivity contribution in [3.8, 4) is 0 Å². The van der Waals surface area contributed by atoms with E-state index in [0.29, 0.717) is 15.6 Å². The van der Waals surface area contributed by atoms with E-state index >= 15 is 0 Å². The van der Waals surface area contributed by atoms with E-state index in [0.717, 1.165) is 47.5 Å². The second kappa shape index (κ2) is 11.4. The number of carbonyl (C=O) groups is 2. The zero-order chi connectivity index (χ0) is 25.9. The van der Waals surface area contributed by atoms with Crippen molar-refractivity contribution in [1.29, 1.82) is 0 Å². The molecule has 7 nitrogen and oxygen atoms in total. The summed E-state index contributed by atoms with van der Waals surface area (Å²) in [5.74, 6) is -0.828. The maximum absolute atomic E-state index is 13.5. The van der Waals surface area contributed by atoms with Crippen LogP contribution in [0.25, 0.3) is 0 Å². The topological polar surface area (TPSA) is 94.6 Å². The molecule has 0 aliphatic heterocycles. The number of ether oxygens (including phenoxy) is 2. The standard InChI is InChI=1S/C27H27ClN2O5S2/c1-2-34-23(31)15-21-25(28)36-27(29-21)30-26(32)24(35-22-14-9-16-5-3-4-6-20(16)22)17-7-10-18(11-8-17)37(33)19-12-13-19/h3-8,10-11,19,22,24H,2,9,12-15H2,1H3,(H,29,30,32). The molecule has 194 valence electrons. The van der Waals surface area contributed by atoms with E-state index in [4.69, 9.17) is 21.1 Å². The summed E-state index contributed by atoms with van der Waals surface area (Å²) in [6.07, 6.45) is 2.41. The molecule has 10 heteroatoms. The van der Waals surface area contributed by atoms with E-state index in [2.05, 4.69) is 16.4 Å². The fraction of sp³-hybridized carbons (Fsp3) is 0.370. The Hall–Kier alpha value is -2.59. The number of anilines is 1. The van der Waals surface area contributed by atoms with Crippen LogP contribution in [0.3, 0.4) is 0 Å². The Kier molecular flexibility index (Phi) is 8.04. The second-order valence-electron chi connectivity index (χ2n) is 9.02. The van der Waals surface area contributed by atoms with Crippen molar-refractivity contribution in [2.75, 3.05) is 11.9 Å². The molecule has 2 aromatic carbocycles. The third kappa shape index (κ3) is 6.12. The predicted molar refractivity (Wildman–Crippen MR) is 143 cm³/mol. The molecule has 5 rings (SSSR count). The SMILES string of the molecule is CCOC(=O)Cc1nc(NC(=O)C(OC2CCc3ccccc32)c2ccc(S(=O)C3CC3)cc2)sc1Cl. The van der Waals surface area contributed by atoms with Crippen molar-refractivity contribution in [3.63, 3.8) is 0 Å². The van der Waals surface area contributed by atoms with E-state index in [-0.39, 0.29) is 29.5 Å². The van der Waals surface area contributed by atoms with Crippen molar-refractivity contribution in [3.05, 3.63) is 75.3 Å². The first-order valence-corrected chi connectivity index (χ1v) is 14.7. The lowest BCUT2D eigenvalue weighted by molar-refractivity contribution is -0.142. The molecule has 0 bridgehead atoms. The van der Waals surface area contributed by atoms with E-state index < -0.39 is 28.8 Å². The zero-order valence-electron chi connectivity index (χ0n) is 20.3. The molecule has 1 aromatic heterocycles. The molecule has 3 aromatic rings. The average Bonchev–Trinajstić information content (AvgIpc) is 3.58. The minimum absolute atomic E-state index is 0.0720. The number of halogens is 1. The summed E-state index contributed by atoms with van der Waals surface area (Å²) in [5, 5.41) is 3.33. The van der Waals surface area contributed by atoms with E-state index in [1.54, 1.807) is 6.92 Å². The monoisotopic (exact) mass is 558 g/mol. The number of thiazole rings is 1. The van der Waals surface area contributed by atoms with Crippen LogP contribution in [0.1, 0.15) is 60.8 Å². The molecule has 37 heavy (non-hydrogen) atoms. The number of carbonyl (C=O) groups excluding carboxylic acids is 2. The highest BCUT2D eigenvalue weighted by molar-refractivity contribution is 7.86. The first kappa shape index (κ1) is 26.0. The van der Waals surface area contributed by atoms with Gasteiger partial charge in [-0.05, 0) is 61.4 Å². The van der Waals surface area contributed by atoms with Crippen LogP contribution in [0.2, 0.25) is 4.34 Å². The fourth-order valence-corrected chi connectivity index (χ4v) is 6.78. The zero-order valence-corrected chi connectivity index (χ0v) is 22.7. The van der Waals surface area contributed by atoms with Crippen molar-refractivity contribution >= 4 is 50.7 Å². The highest BCUT2D eigenvalue weighted by Crippen LogP contribution is 2.39. The van der Waals surface area contributed by atoms with Gasteiger partial charge < -0.3 is 9.47 Å². The molecule has 1 amide bonds. The van der Waals surface area contributed by atoms with Gasteiger partial charge in [-0.3, -0.25) is 19.1 Å². The summed E-state index contributed by atoms with van der Waals surface area (Å²) < 4.78 is 24.3. The second-order valence-corrected chi connectivity index (χ2v) is 12.4. The summed E-state index contributed by atoms with van der Waals surface area (Å²) in [5.41, 5.74) is 3.32. The Bertz CT molecular complexity index is 1320. The van der Waals surface area contributed by atoms with Crippen LogP contribution in [-0.4, -0.2) is 32.9 Å². The molecule has 2 aliphatic rings. The number of rotatable bonds is 10. The van der Waals surface area contributed by atoms with Gasteiger partial charge in [-0.2, -0.15) is 0 Å². The number of hydrogen-bond donors (Lipinski definition) is 1. The van der Waals surface area contributed by atoms with Crippen molar-refractivity contribution in [2.24, 2.45) is 0 Å². The summed E-state index contributed by atoms with van der Waals surface area (Å²) in [7, 11) is -1.03. The number of hydrogen-bond acceptors (Lipinski definition) is 7. The van der Waals surface area contributed by atoms with Crippen molar-refractivity contribution < 1.29 is 23.3 Å². The van der Waals surface area contributed by atoms with Crippen LogP contribution in [0.5, 0.6) is 0 Å². The predicted octanol–water partition coefficient (Wildman–Crippen LogP) is 5.56. The number of nitrogens with zero attached hydrogens (tertiary/aromatic N) is 1. The van der Waals surface area contributed by atoms with Crippen LogP contribution in [0, 0.1) is 0 Å². The lowest BCUT2D eigenvalue weighted by Gasteiger charge is -2.22. The lowest BCUT2D eigenvalue weighted by Crippen LogP contribution is -2.25. The first-order valence-electron chi connectivity index (χ1n) is 12.3. The maximum Gasteiger partial charge on any atom is 0.311 e. The Labute approximate surface area is 227 Å². The van der Waals surface area contributed by atoms with Crippen molar-refractivity contribution in [1.82, 2.24) is 4.98 Å². The van der Waals surface area contributed by atoms with Crippen molar-refractivity contribution in [2.45, 2.75) is 61.4 Å². The molecule has 1 fully saturated rings. The molecule has 1 N–H and O–H groups in total. The van der Waals surface area contributed by atoms with E-state index in [9.17, 15) is 13.8 Å². The number of esters is 1. The molecule has 2 aliphatic carbocycles. The number of nitrogens with one attached hydrogen (secondary N) is 1. The highest BCUT2D eigenvalue weighted by atomic mass is 35.5. The van der Waals surface area contributed by atoms with Crippen LogP contribution >= 0.6 is 22.9 Å². The van der Waals surface area contributed by atoms with Gasteiger partial charge >= 0.3 is 5.97 Å². The largest absolute Gasteiger partial charge is 0.466 e. The first-order chi connectivity index (χ1) is 17.9. The number of aromatic nitrogens is 1. The Morgan fingerprint density at radius 1 is 1.16 bits per heavy atom. The van der Waals surface area contributed by atoms with Gasteiger partial charge in [-0.1, -0.05) is 59.3 Å². The number of fused-ring (bicyclic) bond motifs is 1. The summed E-state index contributed by atoms with van der Waals surface area (Å²) >= 11 is 7.36. The molecular weight excluding hydrogens is 532 g/mol.